The SMILES string of the molecule is CN(C)Cc1nc(N)cc(-c2cnn(C)c2)n1. The lowest BCUT2D eigenvalue weighted by Crippen LogP contribution is -2.14. The number of rotatable bonds is 3. The molecule has 0 aliphatic carbocycles. The van der Waals surface area contributed by atoms with E-state index in [-0.39, 0.29) is 0 Å². The molecular formula is C11H16N6. The molecule has 0 aliphatic rings. The van der Waals surface area contributed by atoms with Gasteiger partial charge in [-0.2, -0.15) is 5.10 Å². The van der Waals surface area contributed by atoms with Gasteiger partial charge in [-0.15, -0.1) is 0 Å². The maximum Gasteiger partial charge on any atom is 0.145 e. The summed E-state index contributed by atoms with van der Waals surface area (Å²) in [5.41, 5.74) is 7.54. The minimum Gasteiger partial charge on any atom is -0.384 e. The van der Waals surface area contributed by atoms with Crippen LogP contribution in [0.4, 0.5) is 5.82 Å². The van der Waals surface area contributed by atoms with Gasteiger partial charge in [0, 0.05) is 24.9 Å². The largest absolute Gasteiger partial charge is 0.384 e. The normalized spacial score (nSPS) is 11.1. The minimum absolute atomic E-state index is 0.482. The van der Waals surface area contributed by atoms with E-state index in [0.717, 1.165) is 11.3 Å². The van der Waals surface area contributed by atoms with Crippen molar-refractivity contribution in [2.45, 2.75) is 6.54 Å². The minimum atomic E-state index is 0.482. The molecule has 0 saturated carbocycles. The number of aromatic nitrogens is 4. The van der Waals surface area contributed by atoms with Crippen LogP contribution in [0.25, 0.3) is 11.3 Å². The number of nitrogens with zero attached hydrogens (tertiary/aromatic N) is 5. The quantitative estimate of drug-likeness (QED) is 0.835. The lowest BCUT2D eigenvalue weighted by molar-refractivity contribution is 0.391. The van der Waals surface area contributed by atoms with Gasteiger partial charge in [-0.05, 0) is 14.1 Å². The van der Waals surface area contributed by atoms with Crippen molar-refractivity contribution in [1.29, 1.82) is 0 Å². The third kappa shape index (κ3) is 2.79. The second-order valence-corrected chi connectivity index (χ2v) is 4.23. The number of anilines is 1. The molecule has 2 N–H and O–H groups in total. The first-order valence-electron chi connectivity index (χ1n) is 5.32. The highest BCUT2D eigenvalue weighted by atomic mass is 15.2. The molecule has 17 heavy (non-hydrogen) atoms. The first kappa shape index (κ1) is 11.5. The molecule has 2 aromatic rings. The molecule has 6 heteroatoms. The van der Waals surface area contributed by atoms with Crippen LogP contribution in [-0.2, 0) is 13.6 Å². The monoisotopic (exact) mass is 232 g/mol. The highest BCUT2D eigenvalue weighted by molar-refractivity contribution is 5.60. The molecule has 2 heterocycles. The van der Waals surface area contributed by atoms with Crippen LogP contribution in [0, 0.1) is 0 Å². The molecular weight excluding hydrogens is 216 g/mol. The van der Waals surface area contributed by atoms with E-state index in [1.807, 2.05) is 32.2 Å². The van der Waals surface area contributed by atoms with Crippen molar-refractivity contribution < 1.29 is 0 Å². The average molecular weight is 232 g/mol. The summed E-state index contributed by atoms with van der Waals surface area (Å²) in [6, 6.07) is 1.76. The predicted octanol–water partition coefficient (Wildman–Crippen LogP) is 0.521. The van der Waals surface area contributed by atoms with E-state index in [2.05, 4.69) is 15.1 Å². The molecule has 0 atom stereocenters. The van der Waals surface area contributed by atoms with Crippen LogP contribution in [-0.4, -0.2) is 38.7 Å². The highest BCUT2D eigenvalue weighted by Gasteiger charge is 2.07. The smallest absolute Gasteiger partial charge is 0.145 e. The van der Waals surface area contributed by atoms with Crippen LogP contribution in [0.5, 0.6) is 0 Å². The Kier molecular flexibility index (Phi) is 3.06. The van der Waals surface area contributed by atoms with Gasteiger partial charge in [0.05, 0.1) is 18.4 Å². The van der Waals surface area contributed by atoms with Gasteiger partial charge in [0.1, 0.15) is 11.6 Å². The van der Waals surface area contributed by atoms with E-state index in [0.29, 0.717) is 18.2 Å². The summed E-state index contributed by atoms with van der Waals surface area (Å²) in [6.45, 7) is 0.665. The van der Waals surface area contributed by atoms with Crippen LogP contribution in [0.3, 0.4) is 0 Å². The number of nitrogen functional groups attached to an aromatic ring is 1. The number of hydrogen-bond acceptors (Lipinski definition) is 5. The Morgan fingerprint density at radius 1 is 1.35 bits per heavy atom. The molecule has 2 aromatic heterocycles. The number of nitrogens with two attached hydrogens (primary N) is 1. The molecule has 0 aromatic carbocycles. The Morgan fingerprint density at radius 2 is 2.12 bits per heavy atom. The molecule has 6 nitrogen and oxygen atoms in total. The second-order valence-electron chi connectivity index (χ2n) is 4.23. The van der Waals surface area contributed by atoms with Gasteiger partial charge >= 0.3 is 0 Å². The van der Waals surface area contributed by atoms with Crippen molar-refractivity contribution in [3.63, 3.8) is 0 Å². The fourth-order valence-corrected chi connectivity index (χ4v) is 1.57. The molecule has 0 saturated heterocycles. The predicted molar refractivity (Wildman–Crippen MR) is 66.0 cm³/mol. The van der Waals surface area contributed by atoms with E-state index in [1.165, 1.54) is 0 Å². The van der Waals surface area contributed by atoms with Crippen molar-refractivity contribution in [2.24, 2.45) is 7.05 Å². The lowest BCUT2D eigenvalue weighted by Gasteiger charge is -2.09. The van der Waals surface area contributed by atoms with Crippen molar-refractivity contribution in [3.8, 4) is 11.3 Å². The first-order chi connectivity index (χ1) is 8.04. The maximum atomic E-state index is 5.78. The molecule has 0 amide bonds. The molecule has 2 rings (SSSR count). The summed E-state index contributed by atoms with van der Waals surface area (Å²) in [4.78, 5) is 10.7. The Morgan fingerprint density at radius 3 is 2.71 bits per heavy atom. The number of hydrogen-bond donors (Lipinski definition) is 1. The van der Waals surface area contributed by atoms with E-state index in [1.54, 1.807) is 16.9 Å². The zero-order valence-corrected chi connectivity index (χ0v) is 10.3. The van der Waals surface area contributed by atoms with E-state index in [9.17, 15) is 0 Å². The van der Waals surface area contributed by atoms with Gasteiger partial charge in [0.15, 0.2) is 0 Å². The van der Waals surface area contributed by atoms with Crippen molar-refractivity contribution in [1.82, 2.24) is 24.6 Å². The van der Waals surface area contributed by atoms with Gasteiger partial charge in [0.2, 0.25) is 0 Å². The average Bonchev–Trinajstić information content (AvgIpc) is 2.62. The molecule has 0 fully saturated rings. The summed E-state index contributed by atoms with van der Waals surface area (Å²) in [6.07, 6.45) is 3.67. The zero-order chi connectivity index (χ0) is 12.4. The summed E-state index contributed by atoms with van der Waals surface area (Å²) in [7, 11) is 5.81. The van der Waals surface area contributed by atoms with E-state index >= 15 is 0 Å². The van der Waals surface area contributed by atoms with Gasteiger partial charge in [-0.1, -0.05) is 0 Å². The molecule has 0 aliphatic heterocycles. The highest BCUT2D eigenvalue weighted by Crippen LogP contribution is 2.17. The third-order valence-electron chi connectivity index (χ3n) is 2.25. The summed E-state index contributed by atoms with van der Waals surface area (Å²) >= 11 is 0. The van der Waals surface area contributed by atoms with Crippen LogP contribution in [0.15, 0.2) is 18.5 Å². The molecule has 90 valence electrons. The van der Waals surface area contributed by atoms with Crippen LogP contribution < -0.4 is 5.73 Å². The Balaban J connectivity index is 2.37. The topological polar surface area (TPSA) is 72.9 Å². The van der Waals surface area contributed by atoms with Gasteiger partial charge < -0.3 is 10.6 Å². The standard InChI is InChI=1S/C11H16N6/c1-16(2)7-11-14-9(4-10(12)15-11)8-5-13-17(3)6-8/h4-6H,7H2,1-3H3,(H2,12,14,15). The lowest BCUT2D eigenvalue weighted by atomic mass is 10.2. The molecule has 0 unspecified atom stereocenters. The van der Waals surface area contributed by atoms with Crippen molar-refractivity contribution in [2.75, 3.05) is 19.8 Å². The third-order valence-corrected chi connectivity index (χ3v) is 2.25. The van der Waals surface area contributed by atoms with Gasteiger partial charge in [-0.3, -0.25) is 4.68 Å². The summed E-state index contributed by atoms with van der Waals surface area (Å²) < 4.78 is 1.74. The summed E-state index contributed by atoms with van der Waals surface area (Å²) in [5, 5.41) is 4.12. The zero-order valence-electron chi connectivity index (χ0n) is 10.3. The van der Waals surface area contributed by atoms with Gasteiger partial charge in [-0.25, -0.2) is 9.97 Å². The number of aryl methyl sites for hydroxylation is 1. The summed E-state index contributed by atoms with van der Waals surface area (Å²) in [5.74, 6) is 1.20. The Hall–Kier alpha value is -1.95. The van der Waals surface area contributed by atoms with Gasteiger partial charge in [0.25, 0.3) is 0 Å². The van der Waals surface area contributed by atoms with Crippen molar-refractivity contribution >= 4 is 5.82 Å². The maximum absolute atomic E-state index is 5.78. The van der Waals surface area contributed by atoms with Crippen LogP contribution >= 0.6 is 0 Å². The molecule has 0 spiro atoms. The molecule has 0 radical (unpaired) electrons. The van der Waals surface area contributed by atoms with E-state index in [4.69, 9.17) is 5.73 Å². The Labute approximate surface area is 100 Å². The van der Waals surface area contributed by atoms with Crippen LogP contribution in [0.2, 0.25) is 0 Å². The fourth-order valence-electron chi connectivity index (χ4n) is 1.57. The first-order valence-corrected chi connectivity index (χ1v) is 5.32. The van der Waals surface area contributed by atoms with Crippen molar-refractivity contribution in [3.05, 3.63) is 24.3 Å². The van der Waals surface area contributed by atoms with E-state index < -0.39 is 0 Å². The second kappa shape index (κ2) is 4.50. The Bertz CT molecular complexity index is 516. The molecule has 0 bridgehead atoms. The fraction of sp³-hybridized carbons (Fsp3) is 0.364. The van der Waals surface area contributed by atoms with Crippen LogP contribution in [0.1, 0.15) is 5.82 Å².